The van der Waals surface area contributed by atoms with E-state index in [-0.39, 0.29) is 0 Å². The van der Waals surface area contributed by atoms with Gasteiger partial charge in [-0.2, -0.15) is 0 Å². The highest BCUT2D eigenvalue weighted by molar-refractivity contribution is 7.45. The fourth-order valence-corrected chi connectivity index (χ4v) is 1.45. The van der Waals surface area contributed by atoms with Crippen LogP contribution < -0.4 is 4.52 Å². The van der Waals surface area contributed by atoms with E-state index in [0.717, 1.165) is 11.3 Å². The molecule has 66 valence electrons. The third-order valence-electron chi connectivity index (χ3n) is 1.79. The summed E-state index contributed by atoms with van der Waals surface area (Å²) in [7, 11) is -1.31. The second-order valence-electron chi connectivity index (χ2n) is 2.75. The SMILES string of the molecule is Cc1cccc(OP(C)O)c1C. The number of benzene rings is 1. The lowest BCUT2D eigenvalue weighted by Crippen LogP contribution is -1.89. The quantitative estimate of drug-likeness (QED) is 0.716. The van der Waals surface area contributed by atoms with E-state index < -0.39 is 8.38 Å². The fourth-order valence-electron chi connectivity index (χ4n) is 0.965. The average Bonchev–Trinajstić information content (AvgIpc) is 1.98. The van der Waals surface area contributed by atoms with Gasteiger partial charge in [0, 0.05) is 6.66 Å². The molecule has 0 fully saturated rings. The van der Waals surface area contributed by atoms with Crippen molar-refractivity contribution in [3.05, 3.63) is 29.3 Å². The van der Waals surface area contributed by atoms with Gasteiger partial charge < -0.3 is 9.42 Å². The van der Waals surface area contributed by atoms with Crippen LogP contribution in [0.15, 0.2) is 18.2 Å². The van der Waals surface area contributed by atoms with E-state index in [1.807, 2.05) is 32.0 Å². The minimum absolute atomic E-state index is 0.783. The predicted octanol–water partition coefficient (Wildman–Crippen LogP) is 2.62. The van der Waals surface area contributed by atoms with Crippen molar-refractivity contribution in [2.24, 2.45) is 0 Å². The molecule has 0 radical (unpaired) electrons. The fraction of sp³-hybridized carbons (Fsp3) is 0.333. The Hall–Kier alpha value is -0.590. The molecule has 1 N–H and O–H groups in total. The molecule has 1 aromatic carbocycles. The molecule has 1 unspecified atom stereocenters. The third kappa shape index (κ3) is 2.20. The summed E-state index contributed by atoms with van der Waals surface area (Å²) in [4.78, 5) is 9.06. The smallest absolute Gasteiger partial charge is 0.224 e. The molecule has 0 aliphatic heterocycles. The van der Waals surface area contributed by atoms with Crippen molar-refractivity contribution in [2.45, 2.75) is 13.8 Å². The van der Waals surface area contributed by atoms with Crippen LogP contribution in [0.4, 0.5) is 0 Å². The van der Waals surface area contributed by atoms with E-state index in [1.54, 1.807) is 6.66 Å². The zero-order valence-corrected chi connectivity index (χ0v) is 8.43. The van der Waals surface area contributed by atoms with Gasteiger partial charge in [0.25, 0.3) is 0 Å². The van der Waals surface area contributed by atoms with E-state index in [0.29, 0.717) is 0 Å². The molecule has 0 spiro atoms. The maximum Gasteiger partial charge on any atom is 0.224 e. The van der Waals surface area contributed by atoms with Crippen LogP contribution in [-0.4, -0.2) is 11.6 Å². The second kappa shape index (κ2) is 3.88. The minimum atomic E-state index is -1.31. The summed E-state index contributed by atoms with van der Waals surface area (Å²) < 4.78 is 5.25. The van der Waals surface area contributed by atoms with Gasteiger partial charge in [-0.05, 0) is 31.0 Å². The Morgan fingerprint density at radius 1 is 1.33 bits per heavy atom. The molecular weight excluding hydrogens is 171 g/mol. The van der Waals surface area contributed by atoms with Gasteiger partial charge in [-0.15, -0.1) is 0 Å². The number of hydrogen-bond acceptors (Lipinski definition) is 2. The molecule has 0 aliphatic rings. The van der Waals surface area contributed by atoms with Crippen LogP contribution in [0.1, 0.15) is 11.1 Å². The van der Waals surface area contributed by atoms with Gasteiger partial charge in [0.05, 0.1) is 0 Å². The van der Waals surface area contributed by atoms with Crippen molar-refractivity contribution >= 4 is 8.38 Å². The third-order valence-corrected chi connectivity index (χ3v) is 2.25. The lowest BCUT2D eigenvalue weighted by Gasteiger charge is -2.11. The first-order chi connectivity index (χ1) is 5.61. The summed E-state index contributed by atoms with van der Waals surface area (Å²) in [6.45, 7) is 5.68. The van der Waals surface area contributed by atoms with Crippen molar-refractivity contribution in [1.82, 2.24) is 0 Å². The molecule has 0 saturated carbocycles. The highest BCUT2D eigenvalue weighted by Gasteiger charge is 2.04. The van der Waals surface area contributed by atoms with E-state index in [1.165, 1.54) is 5.56 Å². The summed E-state index contributed by atoms with van der Waals surface area (Å²) in [5, 5.41) is 0. The first-order valence-electron chi connectivity index (χ1n) is 3.78. The molecule has 0 aliphatic carbocycles. The molecule has 1 rings (SSSR count). The van der Waals surface area contributed by atoms with Gasteiger partial charge in [0.1, 0.15) is 5.75 Å². The standard InChI is InChI=1S/C9H13O2P/c1-7-5-4-6-9(8(7)2)11-12(3)10/h4-6,10H,1-3H3. The first kappa shape index (κ1) is 9.50. The lowest BCUT2D eigenvalue weighted by atomic mass is 10.1. The Bertz CT molecular complexity index is 271. The molecule has 0 bridgehead atoms. The maximum absolute atomic E-state index is 9.06. The maximum atomic E-state index is 9.06. The Balaban J connectivity index is 2.92. The second-order valence-corrected chi connectivity index (χ2v) is 3.86. The lowest BCUT2D eigenvalue weighted by molar-refractivity contribution is 0.491. The predicted molar refractivity (Wildman–Crippen MR) is 51.6 cm³/mol. The largest absolute Gasteiger partial charge is 0.447 e. The van der Waals surface area contributed by atoms with Crippen LogP contribution in [0.25, 0.3) is 0 Å². The Morgan fingerprint density at radius 3 is 2.58 bits per heavy atom. The molecule has 1 aromatic rings. The average molecular weight is 184 g/mol. The monoisotopic (exact) mass is 184 g/mol. The summed E-state index contributed by atoms with van der Waals surface area (Å²) in [6.07, 6.45) is 0. The van der Waals surface area contributed by atoms with Gasteiger partial charge in [-0.3, -0.25) is 0 Å². The Kier molecular flexibility index (Phi) is 3.07. The number of aryl methyl sites for hydroxylation is 1. The normalized spacial score (nSPS) is 12.7. The topological polar surface area (TPSA) is 29.5 Å². The minimum Gasteiger partial charge on any atom is -0.447 e. The zero-order valence-electron chi connectivity index (χ0n) is 7.53. The van der Waals surface area contributed by atoms with Crippen molar-refractivity contribution in [3.8, 4) is 5.75 Å². The summed E-state index contributed by atoms with van der Waals surface area (Å²) >= 11 is 0. The molecule has 0 heterocycles. The molecule has 0 amide bonds. The molecular formula is C9H13O2P. The Morgan fingerprint density at radius 2 is 2.00 bits per heavy atom. The molecule has 12 heavy (non-hydrogen) atoms. The van der Waals surface area contributed by atoms with Gasteiger partial charge in [0.2, 0.25) is 8.38 Å². The van der Waals surface area contributed by atoms with Crippen LogP contribution >= 0.6 is 8.38 Å². The molecule has 0 saturated heterocycles. The zero-order chi connectivity index (χ0) is 9.14. The summed E-state index contributed by atoms with van der Waals surface area (Å²) in [5.74, 6) is 0.783. The summed E-state index contributed by atoms with van der Waals surface area (Å²) in [5.41, 5.74) is 2.28. The van der Waals surface area contributed by atoms with Crippen molar-refractivity contribution in [2.75, 3.05) is 6.66 Å². The summed E-state index contributed by atoms with van der Waals surface area (Å²) in [6, 6.07) is 5.82. The van der Waals surface area contributed by atoms with Gasteiger partial charge in [-0.25, -0.2) is 0 Å². The van der Waals surface area contributed by atoms with Gasteiger partial charge in [-0.1, -0.05) is 12.1 Å². The van der Waals surface area contributed by atoms with E-state index in [9.17, 15) is 0 Å². The Labute approximate surface area is 74.1 Å². The van der Waals surface area contributed by atoms with Crippen molar-refractivity contribution in [1.29, 1.82) is 0 Å². The van der Waals surface area contributed by atoms with Gasteiger partial charge in [0.15, 0.2) is 0 Å². The van der Waals surface area contributed by atoms with Crippen LogP contribution in [0.2, 0.25) is 0 Å². The van der Waals surface area contributed by atoms with E-state index in [4.69, 9.17) is 9.42 Å². The molecule has 2 nitrogen and oxygen atoms in total. The molecule has 0 aromatic heterocycles. The first-order valence-corrected chi connectivity index (χ1v) is 5.44. The van der Waals surface area contributed by atoms with Crippen molar-refractivity contribution in [3.63, 3.8) is 0 Å². The highest BCUT2D eigenvalue weighted by atomic mass is 31.2. The number of hydrogen-bond donors (Lipinski definition) is 1. The van der Waals surface area contributed by atoms with Crippen LogP contribution in [0, 0.1) is 13.8 Å². The van der Waals surface area contributed by atoms with E-state index in [2.05, 4.69) is 0 Å². The molecule has 3 heteroatoms. The van der Waals surface area contributed by atoms with Gasteiger partial charge >= 0.3 is 0 Å². The van der Waals surface area contributed by atoms with Crippen LogP contribution in [0.5, 0.6) is 5.75 Å². The molecule has 1 atom stereocenters. The number of rotatable bonds is 2. The van der Waals surface area contributed by atoms with Crippen LogP contribution in [-0.2, 0) is 0 Å². The highest BCUT2D eigenvalue weighted by Crippen LogP contribution is 2.32. The van der Waals surface area contributed by atoms with Crippen molar-refractivity contribution < 1.29 is 9.42 Å². The van der Waals surface area contributed by atoms with Crippen LogP contribution in [0.3, 0.4) is 0 Å². The van der Waals surface area contributed by atoms with E-state index >= 15 is 0 Å².